The summed E-state index contributed by atoms with van der Waals surface area (Å²) in [4.78, 5) is 11.7. The van der Waals surface area contributed by atoms with Crippen LogP contribution in [0.4, 0.5) is 5.82 Å². The molecule has 1 aliphatic heterocycles. The third-order valence-corrected chi connectivity index (χ3v) is 5.42. The Labute approximate surface area is 173 Å². The molecule has 0 aliphatic carbocycles. The lowest BCUT2D eigenvalue weighted by molar-refractivity contribution is 0.503. The maximum Gasteiger partial charge on any atom is 0.128 e. The molecule has 9 nitrogen and oxygen atoms in total. The molecule has 4 aromatic rings. The molecule has 5 heterocycles. The predicted molar refractivity (Wildman–Crippen MR) is 113 cm³/mol. The maximum absolute atomic E-state index is 9.55. The van der Waals surface area contributed by atoms with E-state index in [1.165, 1.54) is 0 Å². The van der Waals surface area contributed by atoms with Crippen molar-refractivity contribution in [3.8, 4) is 28.6 Å². The molecule has 0 radical (unpaired) electrons. The highest BCUT2D eigenvalue weighted by Crippen LogP contribution is 2.29. The number of anilines is 1. The van der Waals surface area contributed by atoms with Crippen LogP contribution in [0.25, 0.3) is 28.0 Å². The van der Waals surface area contributed by atoms with Gasteiger partial charge in [0.25, 0.3) is 0 Å². The number of hydrogen-bond donors (Lipinski definition) is 1. The summed E-state index contributed by atoms with van der Waals surface area (Å²) in [5.74, 6) is 0.905. The molecular weight excluding hydrogens is 378 g/mol. The SMILES string of the molecule is Cn1cc(-c2cn3ncc(C#N)c3c(-c3ccc(N4CCCC(N)C4)nc3)n2)cn1. The molecule has 150 valence electrons. The Bertz CT molecular complexity index is 1250. The van der Waals surface area contributed by atoms with Gasteiger partial charge in [0.2, 0.25) is 0 Å². The summed E-state index contributed by atoms with van der Waals surface area (Å²) in [5, 5.41) is 18.1. The van der Waals surface area contributed by atoms with E-state index in [2.05, 4.69) is 26.2 Å². The lowest BCUT2D eigenvalue weighted by Crippen LogP contribution is -2.43. The van der Waals surface area contributed by atoms with Gasteiger partial charge in [-0.25, -0.2) is 14.5 Å². The number of hydrogen-bond acceptors (Lipinski definition) is 7. The molecular formula is C21H21N9. The van der Waals surface area contributed by atoms with Gasteiger partial charge in [0.05, 0.1) is 30.0 Å². The van der Waals surface area contributed by atoms with Crippen LogP contribution in [-0.2, 0) is 7.05 Å². The van der Waals surface area contributed by atoms with Crippen LogP contribution in [0.2, 0.25) is 0 Å². The van der Waals surface area contributed by atoms with E-state index in [1.54, 1.807) is 27.8 Å². The molecule has 9 heteroatoms. The van der Waals surface area contributed by atoms with Crippen molar-refractivity contribution in [2.75, 3.05) is 18.0 Å². The van der Waals surface area contributed by atoms with Gasteiger partial charge in [-0.2, -0.15) is 15.5 Å². The van der Waals surface area contributed by atoms with Gasteiger partial charge in [0, 0.05) is 49.7 Å². The monoisotopic (exact) mass is 399 g/mol. The number of fused-ring (bicyclic) bond motifs is 1. The smallest absolute Gasteiger partial charge is 0.128 e. The van der Waals surface area contributed by atoms with Crippen LogP contribution in [0.1, 0.15) is 18.4 Å². The van der Waals surface area contributed by atoms with Crippen LogP contribution in [0.5, 0.6) is 0 Å². The zero-order chi connectivity index (χ0) is 20.7. The third kappa shape index (κ3) is 3.17. The Balaban J connectivity index is 1.60. The number of nitrogens with zero attached hydrogens (tertiary/aromatic N) is 8. The molecule has 0 bridgehead atoms. The van der Waals surface area contributed by atoms with Crippen molar-refractivity contribution in [1.82, 2.24) is 29.4 Å². The first kappa shape index (κ1) is 18.3. The summed E-state index contributed by atoms with van der Waals surface area (Å²) in [7, 11) is 1.86. The van der Waals surface area contributed by atoms with Crippen LogP contribution >= 0.6 is 0 Å². The fourth-order valence-electron chi connectivity index (χ4n) is 3.92. The first-order valence-corrected chi connectivity index (χ1v) is 9.87. The minimum Gasteiger partial charge on any atom is -0.355 e. The second-order valence-electron chi connectivity index (χ2n) is 7.59. The van der Waals surface area contributed by atoms with Gasteiger partial charge in [-0.05, 0) is 25.0 Å². The fraction of sp³-hybridized carbons (Fsp3) is 0.286. The Kier molecular flexibility index (Phi) is 4.41. The van der Waals surface area contributed by atoms with Gasteiger partial charge in [-0.1, -0.05) is 0 Å². The Morgan fingerprint density at radius 3 is 2.73 bits per heavy atom. The van der Waals surface area contributed by atoms with Crippen molar-refractivity contribution in [3.05, 3.63) is 48.7 Å². The van der Waals surface area contributed by atoms with Crippen LogP contribution in [0.15, 0.2) is 43.1 Å². The van der Waals surface area contributed by atoms with E-state index in [0.29, 0.717) is 16.8 Å². The van der Waals surface area contributed by atoms with Crippen LogP contribution < -0.4 is 10.6 Å². The number of aryl methyl sites for hydroxylation is 1. The fourth-order valence-corrected chi connectivity index (χ4v) is 3.92. The molecule has 4 aromatic heterocycles. The van der Waals surface area contributed by atoms with Gasteiger partial charge in [-0.3, -0.25) is 4.68 Å². The highest BCUT2D eigenvalue weighted by atomic mass is 15.2. The predicted octanol–water partition coefficient (Wildman–Crippen LogP) is 1.99. The maximum atomic E-state index is 9.55. The number of nitrogens with two attached hydrogens (primary N) is 1. The Morgan fingerprint density at radius 2 is 2.03 bits per heavy atom. The third-order valence-electron chi connectivity index (χ3n) is 5.42. The number of rotatable bonds is 3. The molecule has 1 aliphatic rings. The van der Waals surface area contributed by atoms with E-state index >= 15 is 0 Å². The Hall–Kier alpha value is -3.77. The first-order valence-electron chi connectivity index (χ1n) is 9.87. The summed E-state index contributed by atoms with van der Waals surface area (Å²) in [6, 6.07) is 6.37. The van der Waals surface area contributed by atoms with Gasteiger partial charge in [-0.15, -0.1) is 0 Å². The van der Waals surface area contributed by atoms with E-state index in [1.807, 2.05) is 31.6 Å². The minimum atomic E-state index is 0.183. The summed E-state index contributed by atoms with van der Waals surface area (Å²) >= 11 is 0. The molecule has 0 saturated carbocycles. The van der Waals surface area contributed by atoms with Gasteiger partial charge in [0.15, 0.2) is 0 Å². The van der Waals surface area contributed by atoms with Crippen LogP contribution in [0.3, 0.4) is 0 Å². The largest absolute Gasteiger partial charge is 0.355 e. The summed E-state index contributed by atoms with van der Waals surface area (Å²) in [6.07, 6.45) is 11.0. The quantitative estimate of drug-likeness (QED) is 0.560. The van der Waals surface area contributed by atoms with Gasteiger partial charge >= 0.3 is 0 Å². The van der Waals surface area contributed by atoms with Crippen molar-refractivity contribution in [1.29, 1.82) is 5.26 Å². The molecule has 1 fully saturated rings. The number of nitriles is 1. The van der Waals surface area contributed by atoms with Crippen molar-refractivity contribution < 1.29 is 0 Å². The number of pyridine rings is 1. The molecule has 2 N–H and O–H groups in total. The average Bonchev–Trinajstić information content (AvgIpc) is 3.39. The zero-order valence-electron chi connectivity index (χ0n) is 16.6. The van der Waals surface area contributed by atoms with Crippen molar-refractivity contribution >= 4 is 11.3 Å². The molecule has 30 heavy (non-hydrogen) atoms. The second kappa shape index (κ2) is 7.24. The van der Waals surface area contributed by atoms with Crippen LogP contribution in [0, 0.1) is 11.3 Å². The van der Waals surface area contributed by atoms with E-state index in [9.17, 15) is 5.26 Å². The van der Waals surface area contributed by atoms with Gasteiger partial charge < -0.3 is 10.6 Å². The topological polar surface area (TPSA) is 114 Å². The Morgan fingerprint density at radius 1 is 1.13 bits per heavy atom. The van der Waals surface area contributed by atoms with Gasteiger partial charge in [0.1, 0.15) is 23.0 Å². The molecule has 1 unspecified atom stereocenters. The molecule has 0 spiro atoms. The molecule has 5 rings (SSSR count). The van der Waals surface area contributed by atoms with Crippen molar-refractivity contribution in [2.24, 2.45) is 12.8 Å². The number of aromatic nitrogens is 6. The minimum absolute atomic E-state index is 0.183. The second-order valence-corrected chi connectivity index (χ2v) is 7.59. The first-order chi connectivity index (χ1) is 14.6. The lowest BCUT2D eigenvalue weighted by Gasteiger charge is -2.31. The summed E-state index contributed by atoms with van der Waals surface area (Å²) < 4.78 is 3.42. The van der Waals surface area contributed by atoms with E-state index in [4.69, 9.17) is 10.7 Å². The van der Waals surface area contributed by atoms with Crippen molar-refractivity contribution in [3.63, 3.8) is 0 Å². The molecule has 0 aromatic carbocycles. The highest BCUT2D eigenvalue weighted by Gasteiger charge is 2.19. The molecule has 1 atom stereocenters. The molecule has 1 saturated heterocycles. The van der Waals surface area contributed by atoms with E-state index in [-0.39, 0.29) is 6.04 Å². The highest BCUT2D eigenvalue weighted by molar-refractivity contribution is 5.83. The lowest BCUT2D eigenvalue weighted by atomic mass is 10.1. The normalized spacial score (nSPS) is 16.7. The summed E-state index contributed by atoms with van der Waals surface area (Å²) in [5.41, 5.74) is 10.3. The van der Waals surface area contributed by atoms with E-state index in [0.717, 1.165) is 48.6 Å². The van der Waals surface area contributed by atoms with Crippen LogP contribution in [-0.4, -0.2) is 48.5 Å². The standard InChI is InChI=1S/C21H21N9/c1-28-11-16(10-25-28)18-13-30-21(15(7-22)9-26-30)20(27-18)14-4-5-19(24-8-14)29-6-2-3-17(23)12-29/h4-5,8-11,13,17H,2-3,6,12,23H2,1H3. The average molecular weight is 399 g/mol. The van der Waals surface area contributed by atoms with E-state index < -0.39 is 0 Å². The zero-order valence-corrected chi connectivity index (χ0v) is 16.6. The number of piperidine rings is 1. The van der Waals surface area contributed by atoms with Crippen molar-refractivity contribution in [2.45, 2.75) is 18.9 Å². The molecule has 0 amide bonds. The summed E-state index contributed by atoms with van der Waals surface area (Å²) in [6.45, 7) is 1.77.